The minimum absolute atomic E-state index is 0.243. The van der Waals surface area contributed by atoms with Gasteiger partial charge in [0.25, 0.3) is 0 Å². The Labute approximate surface area is 105 Å². The van der Waals surface area contributed by atoms with Crippen LogP contribution in [0.25, 0.3) is 0 Å². The lowest BCUT2D eigenvalue weighted by atomic mass is 10.2. The molecule has 1 saturated carbocycles. The monoisotopic (exact) mass is 244 g/mol. The van der Waals surface area contributed by atoms with Crippen molar-refractivity contribution in [3.8, 4) is 0 Å². The number of ether oxygens (including phenoxy) is 1. The van der Waals surface area contributed by atoms with Gasteiger partial charge in [0, 0.05) is 38.3 Å². The summed E-state index contributed by atoms with van der Waals surface area (Å²) in [5.74, 6) is 0. The van der Waals surface area contributed by atoms with E-state index < -0.39 is 0 Å². The maximum absolute atomic E-state index is 9.32. The van der Waals surface area contributed by atoms with Crippen molar-refractivity contribution < 1.29 is 9.84 Å². The summed E-state index contributed by atoms with van der Waals surface area (Å²) in [5, 5.41) is 12.8. The first-order valence-electron chi connectivity index (χ1n) is 6.77. The molecule has 4 nitrogen and oxygen atoms in total. The van der Waals surface area contributed by atoms with Crippen LogP contribution in [0.1, 0.15) is 33.1 Å². The molecule has 1 rings (SSSR count). The number of nitrogens with zero attached hydrogens (tertiary/aromatic N) is 1. The molecule has 1 unspecified atom stereocenters. The second-order valence-electron chi connectivity index (χ2n) is 5.23. The van der Waals surface area contributed by atoms with Crippen molar-refractivity contribution in [1.82, 2.24) is 10.2 Å². The molecule has 0 aromatic heterocycles. The Hall–Kier alpha value is -0.160. The van der Waals surface area contributed by atoms with Crippen molar-refractivity contribution in [2.24, 2.45) is 0 Å². The van der Waals surface area contributed by atoms with E-state index in [0.717, 1.165) is 26.1 Å². The second-order valence-corrected chi connectivity index (χ2v) is 5.23. The van der Waals surface area contributed by atoms with E-state index in [2.05, 4.69) is 24.1 Å². The van der Waals surface area contributed by atoms with E-state index in [1.807, 2.05) is 0 Å². The Balaban J connectivity index is 2.22. The highest BCUT2D eigenvalue weighted by atomic mass is 16.5. The summed E-state index contributed by atoms with van der Waals surface area (Å²) in [4.78, 5) is 2.40. The third-order valence-electron chi connectivity index (χ3n) is 3.35. The summed E-state index contributed by atoms with van der Waals surface area (Å²) in [7, 11) is 1.74. The van der Waals surface area contributed by atoms with E-state index in [9.17, 15) is 5.11 Å². The normalized spacial score (nSPS) is 18.0. The van der Waals surface area contributed by atoms with Crippen LogP contribution in [0.2, 0.25) is 0 Å². The minimum Gasteiger partial charge on any atom is -0.395 e. The van der Waals surface area contributed by atoms with Crippen molar-refractivity contribution in [2.75, 3.05) is 33.4 Å². The molecule has 0 heterocycles. The molecule has 0 radical (unpaired) electrons. The van der Waals surface area contributed by atoms with Gasteiger partial charge < -0.3 is 15.2 Å². The predicted octanol–water partition coefficient (Wildman–Crippen LogP) is 0.846. The molecule has 0 aromatic rings. The zero-order valence-electron chi connectivity index (χ0n) is 11.5. The Bertz CT molecular complexity index is 196. The van der Waals surface area contributed by atoms with Crippen molar-refractivity contribution in [3.63, 3.8) is 0 Å². The number of nitrogens with one attached hydrogen (secondary N) is 1. The van der Waals surface area contributed by atoms with Gasteiger partial charge >= 0.3 is 0 Å². The molecule has 1 aliphatic carbocycles. The summed E-state index contributed by atoms with van der Waals surface area (Å²) in [5.41, 5.74) is 0. The number of aliphatic hydroxyl groups is 1. The van der Waals surface area contributed by atoms with Crippen LogP contribution in [-0.2, 0) is 4.74 Å². The lowest BCUT2D eigenvalue weighted by Gasteiger charge is -2.28. The molecular weight excluding hydrogens is 216 g/mol. The van der Waals surface area contributed by atoms with Gasteiger partial charge in [-0.05, 0) is 33.1 Å². The first-order valence-corrected chi connectivity index (χ1v) is 6.77. The number of methoxy groups -OCH3 is 1. The predicted molar refractivity (Wildman–Crippen MR) is 70.2 cm³/mol. The number of aliphatic hydroxyl groups excluding tert-OH is 1. The fourth-order valence-electron chi connectivity index (χ4n) is 1.97. The Morgan fingerprint density at radius 3 is 2.53 bits per heavy atom. The summed E-state index contributed by atoms with van der Waals surface area (Å²) < 4.78 is 5.12. The van der Waals surface area contributed by atoms with Gasteiger partial charge in [-0.15, -0.1) is 0 Å². The molecule has 0 spiro atoms. The van der Waals surface area contributed by atoms with E-state index in [4.69, 9.17) is 4.74 Å². The molecule has 0 aromatic carbocycles. The Morgan fingerprint density at radius 1 is 1.35 bits per heavy atom. The van der Waals surface area contributed by atoms with Gasteiger partial charge in [0.05, 0.1) is 13.2 Å². The SMILES string of the molecule is COCCN(CCC(CO)NC1CC1)C(C)C. The topological polar surface area (TPSA) is 44.7 Å². The highest BCUT2D eigenvalue weighted by molar-refractivity contribution is 4.85. The molecule has 0 saturated heterocycles. The minimum atomic E-state index is 0.243. The van der Waals surface area contributed by atoms with E-state index in [1.54, 1.807) is 7.11 Å². The molecule has 0 aliphatic heterocycles. The molecule has 1 aliphatic rings. The fraction of sp³-hybridized carbons (Fsp3) is 1.00. The third kappa shape index (κ3) is 6.36. The number of hydrogen-bond donors (Lipinski definition) is 2. The van der Waals surface area contributed by atoms with Gasteiger partial charge in [0.2, 0.25) is 0 Å². The van der Waals surface area contributed by atoms with Gasteiger partial charge in [0.1, 0.15) is 0 Å². The fourth-order valence-corrected chi connectivity index (χ4v) is 1.97. The maximum Gasteiger partial charge on any atom is 0.0589 e. The molecule has 102 valence electrons. The number of hydrogen-bond acceptors (Lipinski definition) is 4. The highest BCUT2D eigenvalue weighted by Gasteiger charge is 2.24. The summed E-state index contributed by atoms with van der Waals surface area (Å²) >= 11 is 0. The quantitative estimate of drug-likeness (QED) is 0.598. The van der Waals surface area contributed by atoms with Crippen LogP contribution < -0.4 is 5.32 Å². The number of rotatable bonds is 10. The van der Waals surface area contributed by atoms with Crippen molar-refractivity contribution in [2.45, 2.75) is 51.2 Å². The van der Waals surface area contributed by atoms with Crippen LogP contribution in [0.4, 0.5) is 0 Å². The first kappa shape index (κ1) is 14.9. The van der Waals surface area contributed by atoms with Crippen LogP contribution in [0.3, 0.4) is 0 Å². The van der Waals surface area contributed by atoms with E-state index in [-0.39, 0.29) is 12.6 Å². The molecule has 0 amide bonds. The second kappa shape index (κ2) is 8.03. The molecule has 2 N–H and O–H groups in total. The molecular formula is C13H28N2O2. The Kier molecular flexibility index (Phi) is 7.04. The zero-order valence-corrected chi connectivity index (χ0v) is 11.5. The van der Waals surface area contributed by atoms with Crippen molar-refractivity contribution in [3.05, 3.63) is 0 Å². The van der Waals surface area contributed by atoms with Gasteiger partial charge in [-0.25, -0.2) is 0 Å². The van der Waals surface area contributed by atoms with Gasteiger partial charge in [-0.3, -0.25) is 4.90 Å². The van der Waals surface area contributed by atoms with Crippen LogP contribution in [0.5, 0.6) is 0 Å². The average molecular weight is 244 g/mol. The summed E-state index contributed by atoms with van der Waals surface area (Å²) in [6, 6.07) is 1.45. The lowest BCUT2D eigenvalue weighted by molar-refractivity contribution is 0.121. The van der Waals surface area contributed by atoms with Gasteiger partial charge in [0.15, 0.2) is 0 Å². The van der Waals surface area contributed by atoms with Crippen molar-refractivity contribution >= 4 is 0 Å². The first-order chi connectivity index (χ1) is 8.17. The molecule has 1 atom stereocenters. The summed E-state index contributed by atoms with van der Waals surface area (Å²) in [6.45, 7) is 7.42. The van der Waals surface area contributed by atoms with Crippen molar-refractivity contribution in [1.29, 1.82) is 0 Å². The standard InChI is InChI=1S/C13H28N2O2/c1-11(2)15(8-9-17-3)7-6-13(10-16)14-12-4-5-12/h11-14,16H,4-10H2,1-3H3. The zero-order chi connectivity index (χ0) is 12.7. The average Bonchev–Trinajstić information content (AvgIpc) is 3.10. The van der Waals surface area contributed by atoms with Crippen LogP contribution in [0.15, 0.2) is 0 Å². The van der Waals surface area contributed by atoms with Gasteiger partial charge in [-0.2, -0.15) is 0 Å². The van der Waals surface area contributed by atoms with E-state index in [0.29, 0.717) is 12.1 Å². The third-order valence-corrected chi connectivity index (χ3v) is 3.35. The maximum atomic E-state index is 9.32. The van der Waals surface area contributed by atoms with Gasteiger partial charge in [-0.1, -0.05) is 0 Å². The molecule has 17 heavy (non-hydrogen) atoms. The van der Waals surface area contributed by atoms with Crippen LogP contribution >= 0.6 is 0 Å². The highest BCUT2D eigenvalue weighted by Crippen LogP contribution is 2.20. The van der Waals surface area contributed by atoms with Crippen LogP contribution in [-0.4, -0.2) is 61.5 Å². The van der Waals surface area contributed by atoms with Crippen LogP contribution in [0, 0.1) is 0 Å². The molecule has 0 bridgehead atoms. The summed E-state index contributed by atoms with van der Waals surface area (Å²) in [6.07, 6.45) is 3.55. The Morgan fingerprint density at radius 2 is 2.06 bits per heavy atom. The van der Waals surface area contributed by atoms with E-state index in [1.165, 1.54) is 12.8 Å². The molecule has 1 fully saturated rings. The van der Waals surface area contributed by atoms with E-state index >= 15 is 0 Å². The largest absolute Gasteiger partial charge is 0.395 e. The molecule has 4 heteroatoms. The lowest BCUT2D eigenvalue weighted by Crippen LogP contribution is -2.41. The smallest absolute Gasteiger partial charge is 0.0589 e.